The number of hydrogen-bond donors (Lipinski definition) is 1. The Hall–Kier alpha value is -2.52. The molecule has 1 heterocycles. The molecule has 134 valence electrons. The fourth-order valence-electron chi connectivity index (χ4n) is 2.58. The molecule has 6 heteroatoms. The quantitative estimate of drug-likeness (QED) is 0.579. The van der Waals surface area contributed by atoms with Gasteiger partial charge in [0.1, 0.15) is 11.6 Å². The highest BCUT2D eigenvalue weighted by Gasteiger charge is 2.17. The van der Waals surface area contributed by atoms with Gasteiger partial charge < -0.3 is 19.5 Å². The van der Waals surface area contributed by atoms with Crippen LogP contribution in [0.25, 0.3) is 6.08 Å². The molecule has 1 atom stereocenters. The van der Waals surface area contributed by atoms with Gasteiger partial charge in [-0.05, 0) is 50.5 Å². The van der Waals surface area contributed by atoms with Gasteiger partial charge in [-0.1, -0.05) is 6.07 Å². The van der Waals surface area contributed by atoms with Crippen molar-refractivity contribution in [2.45, 2.75) is 32.8 Å². The Balaban J connectivity index is 2.10. The van der Waals surface area contributed by atoms with Gasteiger partial charge in [-0.2, -0.15) is 5.26 Å². The van der Waals surface area contributed by atoms with Gasteiger partial charge in [0.2, 0.25) is 0 Å². The number of hydrogen-bond acceptors (Lipinski definition) is 5. The van der Waals surface area contributed by atoms with E-state index >= 15 is 0 Å². The SMILES string of the molecule is CCOc1ccc(/C=C(\C#N)C(=O)NCC2CCCO2)cc1OCC. The average Bonchev–Trinajstić information content (AvgIpc) is 3.13. The maximum Gasteiger partial charge on any atom is 0.262 e. The Morgan fingerprint density at radius 3 is 2.76 bits per heavy atom. The predicted molar refractivity (Wildman–Crippen MR) is 94.4 cm³/mol. The standard InChI is InChI=1S/C19H24N2O4/c1-3-23-17-8-7-14(11-18(17)24-4-2)10-15(12-20)19(22)21-13-16-6-5-9-25-16/h7-8,10-11,16H,3-6,9,13H2,1-2H3,(H,21,22)/b15-10+. The lowest BCUT2D eigenvalue weighted by Gasteiger charge is -2.12. The second kappa shape index (κ2) is 9.70. The highest BCUT2D eigenvalue weighted by Crippen LogP contribution is 2.29. The van der Waals surface area contributed by atoms with Crippen molar-refractivity contribution in [2.24, 2.45) is 0 Å². The van der Waals surface area contributed by atoms with Crippen molar-refractivity contribution >= 4 is 12.0 Å². The molecule has 1 N–H and O–H groups in total. The minimum absolute atomic E-state index is 0.0407. The van der Waals surface area contributed by atoms with E-state index in [4.69, 9.17) is 14.2 Å². The monoisotopic (exact) mass is 344 g/mol. The zero-order chi connectivity index (χ0) is 18.1. The van der Waals surface area contributed by atoms with Gasteiger partial charge in [0.05, 0.1) is 19.3 Å². The first-order chi connectivity index (χ1) is 12.2. The minimum Gasteiger partial charge on any atom is -0.490 e. The Kier molecular flexibility index (Phi) is 7.30. The van der Waals surface area contributed by atoms with Gasteiger partial charge >= 0.3 is 0 Å². The van der Waals surface area contributed by atoms with Crippen molar-refractivity contribution in [3.8, 4) is 17.6 Å². The lowest BCUT2D eigenvalue weighted by Crippen LogP contribution is -2.32. The normalized spacial score (nSPS) is 17.0. The molecule has 6 nitrogen and oxygen atoms in total. The Morgan fingerprint density at radius 2 is 2.12 bits per heavy atom. The predicted octanol–water partition coefficient (Wildman–Crippen LogP) is 2.69. The molecule has 0 spiro atoms. The summed E-state index contributed by atoms with van der Waals surface area (Å²) in [6.45, 7) is 5.97. The first-order valence-electron chi connectivity index (χ1n) is 8.59. The topological polar surface area (TPSA) is 80.6 Å². The number of carbonyl (C=O) groups excluding carboxylic acids is 1. The average molecular weight is 344 g/mol. The van der Waals surface area contributed by atoms with Gasteiger partial charge in [0.25, 0.3) is 5.91 Å². The largest absolute Gasteiger partial charge is 0.490 e. The van der Waals surface area contributed by atoms with Crippen molar-refractivity contribution < 1.29 is 19.0 Å². The Bertz CT molecular complexity index is 658. The molecule has 0 saturated carbocycles. The third-order valence-electron chi connectivity index (χ3n) is 3.76. The van der Waals surface area contributed by atoms with Gasteiger partial charge in [-0.25, -0.2) is 0 Å². The highest BCUT2D eigenvalue weighted by atomic mass is 16.5. The van der Waals surface area contributed by atoms with Crippen LogP contribution < -0.4 is 14.8 Å². The van der Waals surface area contributed by atoms with Crippen molar-refractivity contribution in [3.05, 3.63) is 29.3 Å². The number of ether oxygens (including phenoxy) is 3. The molecule has 0 aliphatic carbocycles. The minimum atomic E-state index is -0.398. The maximum absolute atomic E-state index is 12.2. The van der Waals surface area contributed by atoms with Crippen molar-refractivity contribution in [1.29, 1.82) is 5.26 Å². The third kappa shape index (κ3) is 5.50. The smallest absolute Gasteiger partial charge is 0.262 e. The summed E-state index contributed by atoms with van der Waals surface area (Å²) < 4.78 is 16.5. The van der Waals surface area contributed by atoms with Crippen LogP contribution in [0.3, 0.4) is 0 Å². The second-order valence-electron chi connectivity index (χ2n) is 5.59. The van der Waals surface area contributed by atoms with Crippen LogP contribution >= 0.6 is 0 Å². The maximum atomic E-state index is 12.2. The van der Waals surface area contributed by atoms with E-state index in [0.717, 1.165) is 19.4 Å². The van der Waals surface area contributed by atoms with Gasteiger partial charge in [-0.15, -0.1) is 0 Å². The van der Waals surface area contributed by atoms with Crippen molar-refractivity contribution in [1.82, 2.24) is 5.32 Å². The fourth-order valence-corrected chi connectivity index (χ4v) is 2.58. The van der Waals surface area contributed by atoms with E-state index in [1.165, 1.54) is 0 Å². The molecule has 1 aromatic carbocycles. The van der Waals surface area contributed by atoms with E-state index in [0.29, 0.717) is 36.8 Å². The van der Waals surface area contributed by atoms with Crippen molar-refractivity contribution in [2.75, 3.05) is 26.4 Å². The van der Waals surface area contributed by atoms with Crippen LogP contribution in [0.2, 0.25) is 0 Å². The Labute approximate surface area is 148 Å². The number of benzene rings is 1. The molecular weight excluding hydrogens is 320 g/mol. The number of amides is 1. The zero-order valence-corrected chi connectivity index (χ0v) is 14.7. The lowest BCUT2D eigenvalue weighted by molar-refractivity contribution is -0.117. The number of carbonyl (C=O) groups is 1. The number of nitrogens with one attached hydrogen (secondary N) is 1. The van der Waals surface area contributed by atoms with Crippen LogP contribution in [0.15, 0.2) is 23.8 Å². The van der Waals surface area contributed by atoms with E-state index in [-0.39, 0.29) is 11.7 Å². The van der Waals surface area contributed by atoms with E-state index in [2.05, 4.69) is 5.32 Å². The molecule has 1 saturated heterocycles. The van der Waals surface area contributed by atoms with Crippen LogP contribution in [-0.4, -0.2) is 38.4 Å². The van der Waals surface area contributed by atoms with Crippen LogP contribution in [-0.2, 0) is 9.53 Å². The van der Waals surface area contributed by atoms with Crippen LogP contribution in [0, 0.1) is 11.3 Å². The van der Waals surface area contributed by atoms with Crippen molar-refractivity contribution in [3.63, 3.8) is 0 Å². The summed E-state index contributed by atoms with van der Waals surface area (Å²) in [5.74, 6) is 0.836. The first-order valence-corrected chi connectivity index (χ1v) is 8.59. The fraction of sp³-hybridized carbons (Fsp3) is 0.474. The second-order valence-corrected chi connectivity index (χ2v) is 5.59. The first kappa shape index (κ1) is 18.8. The Morgan fingerprint density at radius 1 is 1.36 bits per heavy atom. The summed E-state index contributed by atoms with van der Waals surface area (Å²) in [5, 5.41) is 12.1. The third-order valence-corrected chi connectivity index (χ3v) is 3.76. The van der Waals surface area contributed by atoms with Gasteiger partial charge in [-0.3, -0.25) is 4.79 Å². The zero-order valence-electron chi connectivity index (χ0n) is 14.7. The molecular formula is C19H24N2O4. The van der Waals surface area contributed by atoms with E-state index in [1.807, 2.05) is 19.9 Å². The molecule has 1 aromatic rings. The van der Waals surface area contributed by atoms with Crippen LogP contribution in [0.5, 0.6) is 11.5 Å². The summed E-state index contributed by atoms with van der Waals surface area (Å²) in [7, 11) is 0. The molecule has 1 aliphatic heterocycles. The molecule has 0 radical (unpaired) electrons. The summed E-state index contributed by atoms with van der Waals surface area (Å²) in [6.07, 6.45) is 3.53. The summed E-state index contributed by atoms with van der Waals surface area (Å²) in [6, 6.07) is 7.28. The number of nitriles is 1. The van der Waals surface area contributed by atoms with Crippen LogP contribution in [0.1, 0.15) is 32.3 Å². The van der Waals surface area contributed by atoms with E-state index in [1.54, 1.807) is 24.3 Å². The lowest BCUT2D eigenvalue weighted by atomic mass is 10.1. The molecule has 0 aromatic heterocycles. The van der Waals surface area contributed by atoms with Crippen LogP contribution in [0.4, 0.5) is 0 Å². The molecule has 1 unspecified atom stereocenters. The molecule has 1 aliphatic rings. The summed E-state index contributed by atoms with van der Waals surface area (Å²) in [4.78, 5) is 12.2. The molecule has 1 amide bonds. The van der Waals surface area contributed by atoms with E-state index in [9.17, 15) is 10.1 Å². The molecule has 25 heavy (non-hydrogen) atoms. The molecule has 0 bridgehead atoms. The molecule has 1 fully saturated rings. The van der Waals surface area contributed by atoms with Gasteiger partial charge in [0, 0.05) is 13.2 Å². The highest BCUT2D eigenvalue weighted by molar-refractivity contribution is 6.01. The summed E-state index contributed by atoms with van der Waals surface area (Å²) in [5.41, 5.74) is 0.750. The number of nitrogens with zero attached hydrogens (tertiary/aromatic N) is 1. The summed E-state index contributed by atoms with van der Waals surface area (Å²) >= 11 is 0. The number of rotatable bonds is 8. The molecule has 2 rings (SSSR count). The van der Waals surface area contributed by atoms with Gasteiger partial charge in [0.15, 0.2) is 11.5 Å². The van der Waals surface area contributed by atoms with E-state index < -0.39 is 5.91 Å².